The molecular formula is C11H16N2O3S. The Kier molecular flexibility index (Phi) is 4.11. The van der Waals surface area contributed by atoms with Crippen molar-refractivity contribution >= 4 is 21.4 Å². The van der Waals surface area contributed by atoms with Gasteiger partial charge in [-0.05, 0) is 31.2 Å². The topological polar surface area (TPSA) is 89.3 Å². The fraction of sp³-hybridized carbons (Fsp3) is 0.364. The summed E-state index contributed by atoms with van der Waals surface area (Å²) in [5.41, 5.74) is 6.29. The maximum absolute atomic E-state index is 11.1. The quantitative estimate of drug-likeness (QED) is 0.808. The molecule has 0 aromatic heterocycles. The van der Waals surface area contributed by atoms with Crippen molar-refractivity contribution in [3.05, 3.63) is 29.8 Å². The van der Waals surface area contributed by atoms with Gasteiger partial charge in [0.25, 0.3) is 0 Å². The number of benzene rings is 1. The summed E-state index contributed by atoms with van der Waals surface area (Å²) in [4.78, 5) is 10.8. The molecule has 0 heterocycles. The summed E-state index contributed by atoms with van der Waals surface area (Å²) in [6, 6.07) is 6.39. The highest BCUT2D eigenvalue weighted by Crippen LogP contribution is 2.11. The molecular weight excluding hydrogens is 240 g/mol. The molecule has 1 aromatic carbocycles. The van der Waals surface area contributed by atoms with Crippen molar-refractivity contribution in [1.29, 1.82) is 0 Å². The number of rotatable bonds is 5. The van der Waals surface area contributed by atoms with Crippen LogP contribution in [0.25, 0.3) is 0 Å². The molecule has 1 rings (SSSR count). The summed E-state index contributed by atoms with van der Waals surface area (Å²) in [7, 11) is -3.00. The zero-order valence-corrected chi connectivity index (χ0v) is 10.6. The molecule has 0 spiro atoms. The number of nitrogens with two attached hydrogens (primary N) is 1. The largest absolute Gasteiger partial charge is 0.382 e. The van der Waals surface area contributed by atoms with Gasteiger partial charge in [-0.25, -0.2) is 8.42 Å². The molecule has 94 valence electrons. The van der Waals surface area contributed by atoms with E-state index in [1.54, 1.807) is 31.2 Å². The van der Waals surface area contributed by atoms with Crippen LogP contribution in [0.3, 0.4) is 0 Å². The van der Waals surface area contributed by atoms with E-state index in [0.29, 0.717) is 5.56 Å². The number of anilines is 1. The first kappa shape index (κ1) is 13.5. The number of nitrogens with one attached hydrogen (secondary N) is 1. The summed E-state index contributed by atoms with van der Waals surface area (Å²) in [6.45, 7) is 1.78. The first-order chi connectivity index (χ1) is 7.78. The number of primary amides is 1. The Labute approximate surface area is 101 Å². The molecule has 1 unspecified atom stereocenters. The first-order valence-corrected chi connectivity index (χ1v) is 7.18. The van der Waals surface area contributed by atoms with Crippen molar-refractivity contribution in [2.45, 2.75) is 13.0 Å². The second kappa shape index (κ2) is 5.18. The number of carbonyl (C=O) groups excluding carboxylic acids is 1. The SMILES string of the molecule is CC(CS(C)(=O)=O)Nc1ccc(C(N)=O)cc1. The molecule has 0 fully saturated rings. The average Bonchev–Trinajstić information content (AvgIpc) is 2.15. The smallest absolute Gasteiger partial charge is 0.248 e. The van der Waals surface area contributed by atoms with Crippen LogP contribution < -0.4 is 11.1 Å². The van der Waals surface area contributed by atoms with Crippen LogP contribution in [0.4, 0.5) is 5.69 Å². The van der Waals surface area contributed by atoms with E-state index in [2.05, 4.69) is 5.32 Å². The Hall–Kier alpha value is -1.56. The maximum Gasteiger partial charge on any atom is 0.248 e. The van der Waals surface area contributed by atoms with Gasteiger partial charge in [-0.1, -0.05) is 0 Å². The third kappa shape index (κ3) is 4.86. The number of hydrogen-bond acceptors (Lipinski definition) is 4. The lowest BCUT2D eigenvalue weighted by molar-refractivity contribution is 0.100. The molecule has 0 bridgehead atoms. The van der Waals surface area contributed by atoms with Crippen LogP contribution in [0.2, 0.25) is 0 Å². The second-order valence-corrected chi connectivity index (χ2v) is 6.26. The monoisotopic (exact) mass is 256 g/mol. The molecule has 0 aliphatic carbocycles. The number of hydrogen-bond donors (Lipinski definition) is 2. The molecule has 0 aliphatic heterocycles. The van der Waals surface area contributed by atoms with Gasteiger partial charge >= 0.3 is 0 Å². The third-order valence-electron chi connectivity index (χ3n) is 2.14. The van der Waals surface area contributed by atoms with Crippen LogP contribution >= 0.6 is 0 Å². The highest BCUT2D eigenvalue weighted by Gasteiger charge is 2.10. The normalized spacial score (nSPS) is 13.1. The van der Waals surface area contributed by atoms with E-state index < -0.39 is 15.7 Å². The van der Waals surface area contributed by atoms with Gasteiger partial charge in [-0.15, -0.1) is 0 Å². The second-order valence-electron chi connectivity index (χ2n) is 4.08. The highest BCUT2D eigenvalue weighted by atomic mass is 32.2. The lowest BCUT2D eigenvalue weighted by Gasteiger charge is -2.14. The first-order valence-electron chi connectivity index (χ1n) is 5.12. The van der Waals surface area contributed by atoms with Gasteiger partial charge < -0.3 is 11.1 Å². The molecule has 1 aromatic rings. The molecule has 0 radical (unpaired) electrons. The Morgan fingerprint density at radius 3 is 2.29 bits per heavy atom. The predicted octanol–water partition coefficient (Wildman–Crippen LogP) is 0.630. The van der Waals surface area contributed by atoms with Gasteiger partial charge in [-0.3, -0.25) is 4.79 Å². The summed E-state index contributed by atoms with van der Waals surface area (Å²) in [5.74, 6) is -0.425. The van der Waals surface area contributed by atoms with E-state index in [1.807, 2.05) is 0 Å². The molecule has 0 saturated heterocycles. The fourth-order valence-electron chi connectivity index (χ4n) is 1.51. The van der Waals surface area contributed by atoms with E-state index in [0.717, 1.165) is 5.69 Å². The molecule has 3 N–H and O–H groups in total. The van der Waals surface area contributed by atoms with Gasteiger partial charge in [0.1, 0.15) is 9.84 Å². The van der Waals surface area contributed by atoms with Gasteiger partial charge in [0.15, 0.2) is 0 Å². The van der Waals surface area contributed by atoms with Crippen molar-refractivity contribution in [2.75, 3.05) is 17.3 Å². The van der Waals surface area contributed by atoms with Gasteiger partial charge in [0.2, 0.25) is 5.91 Å². The van der Waals surface area contributed by atoms with E-state index in [1.165, 1.54) is 6.26 Å². The van der Waals surface area contributed by atoms with Crippen LogP contribution in [0.15, 0.2) is 24.3 Å². The third-order valence-corrected chi connectivity index (χ3v) is 3.24. The molecule has 1 amide bonds. The predicted molar refractivity (Wildman–Crippen MR) is 67.8 cm³/mol. The Bertz CT molecular complexity index is 494. The number of sulfone groups is 1. The van der Waals surface area contributed by atoms with Crippen LogP contribution in [-0.2, 0) is 9.84 Å². The highest BCUT2D eigenvalue weighted by molar-refractivity contribution is 7.90. The Morgan fingerprint density at radius 1 is 1.35 bits per heavy atom. The molecule has 0 aliphatic rings. The zero-order chi connectivity index (χ0) is 13.1. The molecule has 5 nitrogen and oxygen atoms in total. The van der Waals surface area contributed by atoms with Crippen LogP contribution in [0.1, 0.15) is 17.3 Å². The molecule has 6 heteroatoms. The molecule has 17 heavy (non-hydrogen) atoms. The summed E-state index contributed by atoms with van der Waals surface area (Å²) >= 11 is 0. The summed E-state index contributed by atoms with van der Waals surface area (Å²) < 4.78 is 22.1. The van der Waals surface area contributed by atoms with E-state index >= 15 is 0 Å². The van der Waals surface area contributed by atoms with Crippen molar-refractivity contribution in [3.63, 3.8) is 0 Å². The van der Waals surface area contributed by atoms with Gasteiger partial charge in [-0.2, -0.15) is 0 Å². The van der Waals surface area contributed by atoms with Crippen molar-refractivity contribution < 1.29 is 13.2 Å². The lowest BCUT2D eigenvalue weighted by Crippen LogP contribution is -2.25. The van der Waals surface area contributed by atoms with Crippen LogP contribution in [0, 0.1) is 0 Å². The minimum Gasteiger partial charge on any atom is -0.382 e. The zero-order valence-electron chi connectivity index (χ0n) is 9.80. The Balaban J connectivity index is 2.66. The molecule has 1 atom stereocenters. The van der Waals surface area contributed by atoms with E-state index in [4.69, 9.17) is 5.73 Å². The standard InChI is InChI=1S/C11H16N2O3S/c1-8(7-17(2,15)16)13-10-5-3-9(4-6-10)11(12)14/h3-6,8,13H,7H2,1-2H3,(H2,12,14). The lowest BCUT2D eigenvalue weighted by atomic mass is 10.2. The van der Waals surface area contributed by atoms with Crippen LogP contribution in [0.5, 0.6) is 0 Å². The maximum atomic E-state index is 11.1. The van der Waals surface area contributed by atoms with Crippen molar-refractivity contribution in [2.24, 2.45) is 5.73 Å². The van der Waals surface area contributed by atoms with E-state index in [9.17, 15) is 13.2 Å². The van der Waals surface area contributed by atoms with Gasteiger partial charge in [0, 0.05) is 23.5 Å². The summed E-state index contributed by atoms with van der Waals surface area (Å²) in [5, 5.41) is 3.03. The average molecular weight is 256 g/mol. The number of amides is 1. The van der Waals surface area contributed by atoms with Gasteiger partial charge in [0.05, 0.1) is 5.75 Å². The van der Waals surface area contributed by atoms with Crippen molar-refractivity contribution in [3.8, 4) is 0 Å². The Morgan fingerprint density at radius 2 is 1.88 bits per heavy atom. The van der Waals surface area contributed by atoms with Crippen molar-refractivity contribution in [1.82, 2.24) is 0 Å². The minimum absolute atomic E-state index is 0.0601. The number of carbonyl (C=O) groups is 1. The molecule has 0 saturated carbocycles. The minimum atomic E-state index is -3.00. The summed E-state index contributed by atoms with van der Waals surface area (Å²) in [6.07, 6.45) is 1.20. The fourth-order valence-corrected chi connectivity index (χ4v) is 2.50. The van der Waals surface area contributed by atoms with Crippen LogP contribution in [-0.4, -0.2) is 32.4 Å². The van der Waals surface area contributed by atoms with E-state index in [-0.39, 0.29) is 11.8 Å².